The van der Waals surface area contributed by atoms with Crippen LogP contribution in [-0.2, 0) is 0 Å². The van der Waals surface area contributed by atoms with Crippen LogP contribution in [0.3, 0.4) is 0 Å². The molecule has 1 heterocycles. The summed E-state index contributed by atoms with van der Waals surface area (Å²) in [6.45, 7) is 0. The van der Waals surface area contributed by atoms with Gasteiger partial charge in [0.25, 0.3) is 0 Å². The van der Waals surface area contributed by atoms with E-state index in [-0.39, 0.29) is 0 Å². The van der Waals surface area contributed by atoms with Crippen molar-refractivity contribution < 1.29 is 0 Å². The van der Waals surface area contributed by atoms with Crippen molar-refractivity contribution in [2.45, 2.75) is 9.79 Å². The second-order valence-electron chi connectivity index (χ2n) is 2.99. The van der Waals surface area contributed by atoms with Crippen LogP contribution in [0.4, 0.5) is 0 Å². The Balaban J connectivity index is 2.26. The average molecular weight is 232 g/mol. The zero-order valence-electron chi connectivity index (χ0n) is 7.85. The van der Waals surface area contributed by atoms with Crippen LogP contribution in [0.2, 0.25) is 5.02 Å². The first-order valence-electron chi connectivity index (χ1n) is 4.38. The fraction of sp³-hybridized carbons (Fsp3) is 0. The van der Waals surface area contributed by atoms with Crippen molar-refractivity contribution in [3.63, 3.8) is 0 Å². The maximum absolute atomic E-state index is 6.04. The summed E-state index contributed by atoms with van der Waals surface area (Å²) in [7, 11) is 5.64. The van der Waals surface area contributed by atoms with Crippen molar-refractivity contribution >= 4 is 36.7 Å². The van der Waals surface area contributed by atoms with E-state index < -0.39 is 0 Å². The summed E-state index contributed by atoms with van der Waals surface area (Å²) in [5.41, 5.74) is 0.659. The lowest BCUT2D eigenvalue weighted by molar-refractivity contribution is 1.25. The Bertz CT molecular complexity index is 476. The van der Waals surface area contributed by atoms with Crippen molar-refractivity contribution in [1.29, 1.82) is 0 Å². The summed E-state index contributed by atoms with van der Waals surface area (Å²) in [4.78, 5) is 6.02. The summed E-state index contributed by atoms with van der Waals surface area (Å²) in [6.07, 6.45) is 3.39. The van der Waals surface area contributed by atoms with Gasteiger partial charge in [-0.05, 0) is 12.1 Å². The maximum atomic E-state index is 6.04. The molecule has 15 heavy (non-hydrogen) atoms. The minimum atomic E-state index is 0.659. The second kappa shape index (κ2) is 4.73. The number of aromatic nitrogens is 1. The molecule has 0 aliphatic rings. The lowest BCUT2D eigenvalue weighted by atomic mass is 9.99. The fourth-order valence-electron chi connectivity index (χ4n) is 1.15. The summed E-state index contributed by atoms with van der Waals surface area (Å²) in [5.74, 6) is 0. The number of halogens is 1. The topological polar surface area (TPSA) is 12.9 Å². The van der Waals surface area contributed by atoms with Crippen molar-refractivity contribution in [3.8, 4) is 0 Å². The Kier molecular flexibility index (Phi) is 3.34. The van der Waals surface area contributed by atoms with Crippen LogP contribution in [0.1, 0.15) is 0 Å². The highest BCUT2D eigenvalue weighted by molar-refractivity contribution is 7.99. The van der Waals surface area contributed by atoms with E-state index in [9.17, 15) is 0 Å². The van der Waals surface area contributed by atoms with Gasteiger partial charge in [0, 0.05) is 22.2 Å². The SMILES string of the molecule is [B]c1cncc(Sc2ccccc2Cl)c1. The monoisotopic (exact) mass is 231 g/mol. The number of pyridine rings is 1. The first-order valence-corrected chi connectivity index (χ1v) is 5.58. The molecule has 1 aromatic carbocycles. The van der Waals surface area contributed by atoms with Crippen LogP contribution in [0.5, 0.6) is 0 Å². The molecule has 0 fully saturated rings. The van der Waals surface area contributed by atoms with E-state index in [1.807, 2.05) is 30.3 Å². The van der Waals surface area contributed by atoms with E-state index in [4.69, 9.17) is 19.4 Å². The minimum absolute atomic E-state index is 0.659. The van der Waals surface area contributed by atoms with Gasteiger partial charge in [0.1, 0.15) is 7.85 Å². The molecule has 4 heteroatoms. The highest BCUT2D eigenvalue weighted by Gasteiger charge is 2.01. The molecule has 1 aromatic heterocycles. The molecule has 1 nitrogen and oxygen atoms in total. The Hall–Kier alpha value is -0.925. The molecule has 2 rings (SSSR count). The molecule has 0 aliphatic carbocycles. The highest BCUT2D eigenvalue weighted by atomic mass is 35.5. The number of hydrogen-bond donors (Lipinski definition) is 0. The van der Waals surface area contributed by atoms with E-state index in [1.165, 1.54) is 0 Å². The van der Waals surface area contributed by atoms with Crippen LogP contribution in [-0.4, -0.2) is 12.8 Å². The van der Waals surface area contributed by atoms with Crippen LogP contribution in [0, 0.1) is 0 Å². The summed E-state index contributed by atoms with van der Waals surface area (Å²) < 4.78 is 0. The molecule has 2 radical (unpaired) electrons. The van der Waals surface area contributed by atoms with Crippen LogP contribution >= 0.6 is 23.4 Å². The summed E-state index contributed by atoms with van der Waals surface area (Å²) in [6, 6.07) is 9.57. The third-order valence-electron chi connectivity index (χ3n) is 1.80. The van der Waals surface area contributed by atoms with Gasteiger partial charge in [-0.3, -0.25) is 4.98 Å². The molecule has 0 N–H and O–H groups in total. The van der Waals surface area contributed by atoms with E-state index in [0.29, 0.717) is 5.46 Å². The summed E-state index contributed by atoms with van der Waals surface area (Å²) in [5, 5.41) is 0.741. The Morgan fingerprint density at radius 3 is 2.73 bits per heavy atom. The number of benzene rings is 1. The van der Waals surface area contributed by atoms with Crippen LogP contribution < -0.4 is 5.46 Å². The molecule has 0 bridgehead atoms. The Morgan fingerprint density at radius 1 is 1.20 bits per heavy atom. The Morgan fingerprint density at radius 2 is 2.00 bits per heavy atom. The minimum Gasteiger partial charge on any atom is -0.264 e. The predicted octanol–water partition coefficient (Wildman–Crippen LogP) is 2.68. The first-order chi connectivity index (χ1) is 7.25. The molecular formula is C11H7BClNS. The number of rotatable bonds is 2. The Labute approximate surface area is 99.3 Å². The first kappa shape index (κ1) is 10.6. The van der Waals surface area contributed by atoms with E-state index >= 15 is 0 Å². The molecule has 2 aromatic rings. The van der Waals surface area contributed by atoms with Gasteiger partial charge < -0.3 is 0 Å². The zero-order valence-corrected chi connectivity index (χ0v) is 9.42. The van der Waals surface area contributed by atoms with Crippen molar-refractivity contribution in [2.75, 3.05) is 0 Å². The zero-order chi connectivity index (χ0) is 10.7. The third kappa shape index (κ3) is 2.77. The molecule has 0 saturated heterocycles. The van der Waals surface area contributed by atoms with Crippen molar-refractivity contribution in [1.82, 2.24) is 4.98 Å². The van der Waals surface area contributed by atoms with E-state index in [1.54, 1.807) is 24.2 Å². The van der Waals surface area contributed by atoms with E-state index in [0.717, 1.165) is 14.8 Å². The van der Waals surface area contributed by atoms with Crippen LogP contribution in [0.15, 0.2) is 52.5 Å². The van der Waals surface area contributed by atoms with Gasteiger partial charge in [-0.25, -0.2) is 0 Å². The summed E-state index contributed by atoms with van der Waals surface area (Å²) >= 11 is 7.60. The van der Waals surface area contributed by atoms with Gasteiger partial charge in [0.2, 0.25) is 0 Å². The number of hydrogen-bond acceptors (Lipinski definition) is 2. The molecule has 0 aliphatic heterocycles. The maximum Gasteiger partial charge on any atom is 0.116 e. The fourth-order valence-corrected chi connectivity index (χ4v) is 2.27. The standard InChI is InChI=1S/C11H7BClNS/c12-8-5-9(7-14-6-8)15-11-4-2-1-3-10(11)13/h1-7H. The van der Waals surface area contributed by atoms with E-state index in [2.05, 4.69) is 4.98 Å². The lowest BCUT2D eigenvalue weighted by Crippen LogP contribution is -2.01. The van der Waals surface area contributed by atoms with Gasteiger partial charge in [0.05, 0.1) is 5.02 Å². The van der Waals surface area contributed by atoms with Crippen LogP contribution in [0.25, 0.3) is 0 Å². The third-order valence-corrected chi connectivity index (χ3v) is 3.28. The van der Waals surface area contributed by atoms with Crippen molar-refractivity contribution in [2.24, 2.45) is 0 Å². The highest BCUT2D eigenvalue weighted by Crippen LogP contribution is 2.31. The van der Waals surface area contributed by atoms with Gasteiger partial charge in [-0.1, -0.05) is 47.0 Å². The predicted molar refractivity (Wildman–Crippen MR) is 65.2 cm³/mol. The van der Waals surface area contributed by atoms with Gasteiger partial charge in [-0.15, -0.1) is 0 Å². The normalized spacial score (nSPS) is 10.2. The smallest absolute Gasteiger partial charge is 0.116 e. The second-order valence-corrected chi connectivity index (χ2v) is 4.51. The van der Waals surface area contributed by atoms with Gasteiger partial charge in [-0.2, -0.15) is 0 Å². The molecule has 0 unspecified atom stereocenters. The molecule has 0 atom stereocenters. The molecular weight excluding hydrogens is 224 g/mol. The lowest BCUT2D eigenvalue weighted by Gasteiger charge is -2.03. The molecule has 0 spiro atoms. The van der Waals surface area contributed by atoms with Gasteiger partial charge in [0.15, 0.2) is 0 Å². The van der Waals surface area contributed by atoms with Gasteiger partial charge >= 0.3 is 0 Å². The molecule has 0 amide bonds. The van der Waals surface area contributed by atoms with Crippen molar-refractivity contribution in [3.05, 3.63) is 47.7 Å². The average Bonchev–Trinajstić information content (AvgIpc) is 2.22. The molecule has 0 saturated carbocycles. The largest absolute Gasteiger partial charge is 0.264 e. The number of nitrogens with zero attached hydrogens (tertiary/aromatic N) is 1. The molecule has 72 valence electrons. The quantitative estimate of drug-likeness (QED) is 0.737.